The van der Waals surface area contributed by atoms with Crippen LogP contribution in [0.3, 0.4) is 0 Å². The van der Waals surface area contributed by atoms with Crippen molar-refractivity contribution < 1.29 is 28.6 Å². The van der Waals surface area contributed by atoms with Crippen LogP contribution < -0.4 is 0 Å². The molecule has 6 nitrogen and oxygen atoms in total. The van der Waals surface area contributed by atoms with Gasteiger partial charge in [-0.15, -0.1) is 0 Å². The molecule has 0 rings (SSSR count). The average Bonchev–Trinajstić information content (AvgIpc) is 3.46. The highest BCUT2D eigenvalue weighted by molar-refractivity contribution is 5.71. The summed E-state index contributed by atoms with van der Waals surface area (Å²) in [5, 5.41) is 0. The van der Waals surface area contributed by atoms with Crippen LogP contribution >= 0.6 is 0 Å². The van der Waals surface area contributed by atoms with Gasteiger partial charge in [-0.25, -0.2) is 0 Å². The molecule has 0 aromatic rings. The highest BCUT2D eigenvalue weighted by Gasteiger charge is 2.19. The fourth-order valence-electron chi connectivity index (χ4n) is 11.2. The van der Waals surface area contributed by atoms with E-state index in [1.54, 1.807) is 0 Å². The van der Waals surface area contributed by atoms with Crippen LogP contribution in [0.4, 0.5) is 0 Å². The lowest BCUT2D eigenvalue weighted by molar-refractivity contribution is -0.167. The summed E-state index contributed by atoms with van der Waals surface area (Å²) in [5.74, 6) is -0.846. The number of carbonyl (C=O) groups is 3. The van der Waals surface area contributed by atoms with Crippen LogP contribution in [0.1, 0.15) is 412 Å². The Balaban J connectivity index is 4.09. The monoisotopic (exact) mass is 1130 g/mol. The molecule has 6 heteroatoms. The molecule has 0 aromatic heterocycles. The van der Waals surface area contributed by atoms with Crippen LogP contribution in [0, 0.1) is 0 Å². The number of ether oxygens (including phenoxy) is 3. The molecule has 1 unspecified atom stereocenters. The molecule has 0 N–H and O–H groups in total. The largest absolute Gasteiger partial charge is 0.462 e. The van der Waals surface area contributed by atoms with Crippen molar-refractivity contribution in [2.75, 3.05) is 13.2 Å². The molecule has 1 atom stereocenters. The number of allylic oxidation sites excluding steroid dienone is 4. The number of unbranched alkanes of at least 4 members (excludes halogenated alkanes) is 53. The van der Waals surface area contributed by atoms with Gasteiger partial charge in [-0.05, 0) is 64.2 Å². The van der Waals surface area contributed by atoms with Crippen LogP contribution in [0.5, 0.6) is 0 Å². The maximum absolute atomic E-state index is 12.9. The number of rotatable bonds is 68. The topological polar surface area (TPSA) is 78.9 Å². The standard InChI is InChI=1S/C74H140O6/c1-4-7-10-13-16-19-22-24-26-28-30-32-33-34-35-36-37-38-39-40-41-42-44-45-47-49-52-55-58-61-64-67-73(76)79-70-71(69-78-72(75)66-63-60-57-54-51-21-18-15-12-9-6-3)80-74(77)68-65-62-59-56-53-50-48-46-43-31-29-27-25-23-20-17-14-11-8-5-2/h15,18,28,30,71H,4-14,16-17,19-27,29,31-70H2,1-3H3/b18-15-,30-28-. The molecule has 0 radical (unpaired) electrons. The summed E-state index contributed by atoms with van der Waals surface area (Å²) in [5.41, 5.74) is 0. The SMILES string of the molecule is CCCC/C=C\CCCCCCCC(=O)OCC(COC(=O)CCCCCCCCCCCCCCCCCCCCC/C=C\CCCCCCCCCC)OC(=O)CCCCCCCCCCCCCCCCCCCCCC. The van der Waals surface area contributed by atoms with E-state index < -0.39 is 6.10 Å². The summed E-state index contributed by atoms with van der Waals surface area (Å²) >= 11 is 0. The van der Waals surface area contributed by atoms with Gasteiger partial charge in [0.2, 0.25) is 0 Å². The van der Waals surface area contributed by atoms with Crippen molar-refractivity contribution in [2.45, 2.75) is 419 Å². The molecule has 0 bridgehead atoms. The van der Waals surface area contributed by atoms with Crippen LogP contribution in [0.15, 0.2) is 24.3 Å². The van der Waals surface area contributed by atoms with Gasteiger partial charge in [0, 0.05) is 19.3 Å². The van der Waals surface area contributed by atoms with Gasteiger partial charge in [-0.3, -0.25) is 14.4 Å². The van der Waals surface area contributed by atoms with Crippen molar-refractivity contribution in [3.63, 3.8) is 0 Å². The third-order valence-electron chi connectivity index (χ3n) is 16.7. The van der Waals surface area contributed by atoms with Gasteiger partial charge in [0.25, 0.3) is 0 Å². The first kappa shape index (κ1) is 77.9. The maximum atomic E-state index is 12.9. The van der Waals surface area contributed by atoms with E-state index in [2.05, 4.69) is 45.1 Å². The van der Waals surface area contributed by atoms with Gasteiger partial charge < -0.3 is 14.2 Å². The van der Waals surface area contributed by atoms with Crippen molar-refractivity contribution in [3.05, 3.63) is 24.3 Å². The molecule has 0 aliphatic rings. The van der Waals surface area contributed by atoms with Gasteiger partial charge in [0.05, 0.1) is 0 Å². The van der Waals surface area contributed by atoms with Crippen LogP contribution in [0.25, 0.3) is 0 Å². The van der Waals surface area contributed by atoms with E-state index in [9.17, 15) is 14.4 Å². The maximum Gasteiger partial charge on any atom is 0.306 e. The lowest BCUT2D eigenvalue weighted by Crippen LogP contribution is -2.30. The third-order valence-corrected chi connectivity index (χ3v) is 16.7. The predicted molar refractivity (Wildman–Crippen MR) is 349 cm³/mol. The fourth-order valence-corrected chi connectivity index (χ4v) is 11.2. The van der Waals surface area contributed by atoms with Crippen LogP contribution in [-0.2, 0) is 28.6 Å². The van der Waals surface area contributed by atoms with Crippen LogP contribution in [0.2, 0.25) is 0 Å². The molecular weight excluding hydrogens is 985 g/mol. The van der Waals surface area contributed by atoms with E-state index in [-0.39, 0.29) is 31.1 Å². The highest BCUT2D eigenvalue weighted by Crippen LogP contribution is 2.19. The first-order valence-corrected chi connectivity index (χ1v) is 36.3. The Labute approximate surface area is 500 Å². The molecule has 0 saturated carbocycles. The number of esters is 3. The first-order chi connectivity index (χ1) is 39.5. The average molecular weight is 1130 g/mol. The molecule has 0 aliphatic carbocycles. The molecule has 80 heavy (non-hydrogen) atoms. The zero-order chi connectivity index (χ0) is 57.8. The second-order valence-electron chi connectivity index (χ2n) is 24.9. The Morgan fingerprint density at radius 1 is 0.237 bits per heavy atom. The second kappa shape index (κ2) is 69.4. The smallest absolute Gasteiger partial charge is 0.306 e. The second-order valence-corrected chi connectivity index (χ2v) is 24.9. The van der Waals surface area contributed by atoms with E-state index in [0.717, 1.165) is 64.2 Å². The van der Waals surface area contributed by atoms with E-state index in [0.29, 0.717) is 19.3 Å². The molecule has 472 valence electrons. The van der Waals surface area contributed by atoms with Gasteiger partial charge in [0.15, 0.2) is 6.10 Å². The van der Waals surface area contributed by atoms with Gasteiger partial charge in [0.1, 0.15) is 13.2 Å². The number of hydrogen-bond acceptors (Lipinski definition) is 6. The minimum absolute atomic E-state index is 0.0674. The Hall–Kier alpha value is -2.11. The molecular formula is C74H140O6. The van der Waals surface area contributed by atoms with Gasteiger partial charge >= 0.3 is 17.9 Å². The summed E-state index contributed by atoms with van der Waals surface area (Å²) in [4.78, 5) is 38.4. The van der Waals surface area contributed by atoms with Crippen LogP contribution in [-0.4, -0.2) is 37.2 Å². The molecule has 0 amide bonds. The number of hydrogen-bond donors (Lipinski definition) is 0. The van der Waals surface area contributed by atoms with E-state index >= 15 is 0 Å². The van der Waals surface area contributed by atoms with E-state index in [4.69, 9.17) is 14.2 Å². The molecule has 0 fully saturated rings. The van der Waals surface area contributed by atoms with Gasteiger partial charge in [-0.2, -0.15) is 0 Å². The zero-order valence-electron chi connectivity index (χ0n) is 54.4. The Bertz CT molecular complexity index is 1290. The number of carbonyl (C=O) groups excluding carboxylic acids is 3. The molecule has 0 spiro atoms. The van der Waals surface area contributed by atoms with Crippen molar-refractivity contribution in [1.82, 2.24) is 0 Å². The zero-order valence-corrected chi connectivity index (χ0v) is 54.4. The molecule has 0 aliphatic heterocycles. The normalized spacial score (nSPS) is 12.1. The van der Waals surface area contributed by atoms with Crippen molar-refractivity contribution in [3.8, 4) is 0 Å². The minimum Gasteiger partial charge on any atom is -0.462 e. The highest BCUT2D eigenvalue weighted by atomic mass is 16.6. The summed E-state index contributed by atoms with van der Waals surface area (Å²) < 4.78 is 17.0. The Morgan fingerprint density at radius 2 is 0.425 bits per heavy atom. The minimum atomic E-state index is -0.771. The Kier molecular flexibility index (Phi) is 67.6. The van der Waals surface area contributed by atoms with E-state index in [1.165, 1.54) is 308 Å². The van der Waals surface area contributed by atoms with Crippen molar-refractivity contribution in [1.29, 1.82) is 0 Å². The molecule has 0 aromatic carbocycles. The quantitative estimate of drug-likeness (QED) is 0.0261. The fraction of sp³-hybridized carbons (Fsp3) is 0.905. The third kappa shape index (κ3) is 66.7. The summed E-state index contributed by atoms with van der Waals surface area (Å²) in [7, 11) is 0. The molecule has 0 saturated heterocycles. The predicted octanol–water partition coefficient (Wildman–Crippen LogP) is 25.0. The van der Waals surface area contributed by atoms with E-state index in [1.807, 2.05) is 0 Å². The summed E-state index contributed by atoms with van der Waals surface area (Å²) in [6, 6.07) is 0. The molecule has 0 heterocycles. The lowest BCUT2D eigenvalue weighted by atomic mass is 10.0. The first-order valence-electron chi connectivity index (χ1n) is 36.3. The van der Waals surface area contributed by atoms with Crippen molar-refractivity contribution >= 4 is 17.9 Å². The summed E-state index contributed by atoms with van der Waals surface area (Å²) in [6.45, 7) is 6.68. The van der Waals surface area contributed by atoms with Crippen molar-refractivity contribution in [2.24, 2.45) is 0 Å². The Morgan fingerprint density at radius 3 is 0.662 bits per heavy atom. The lowest BCUT2D eigenvalue weighted by Gasteiger charge is -2.18. The van der Waals surface area contributed by atoms with Gasteiger partial charge in [-0.1, -0.05) is 353 Å². The summed E-state index contributed by atoms with van der Waals surface area (Å²) in [6.07, 6.45) is 85.2.